The zero-order valence-corrected chi connectivity index (χ0v) is 54.2. The molecule has 3 aromatic heterocycles. The number of nitrogens with one attached hydrogen (secondary N) is 2. The van der Waals surface area contributed by atoms with Gasteiger partial charge in [-0.3, -0.25) is 20.2 Å². The number of H-pyrrole nitrogens is 2. The van der Waals surface area contributed by atoms with E-state index in [9.17, 15) is 20.2 Å². The van der Waals surface area contributed by atoms with Gasteiger partial charge in [-0.2, -0.15) is 0 Å². The second-order valence-electron chi connectivity index (χ2n) is 24.0. The zero-order valence-electron chi connectivity index (χ0n) is 54.2. The maximum absolute atomic E-state index is 13.2. The van der Waals surface area contributed by atoms with Crippen LogP contribution in [0.1, 0.15) is 207 Å². The van der Waals surface area contributed by atoms with Crippen LogP contribution in [0.15, 0.2) is 109 Å². The highest BCUT2D eigenvalue weighted by Crippen LogP contribution is 2.43. The van der Waals surface area contributed by atoms with Gasteiger partial charge < -0.3 is 28.9 Å². The number of nitro benzene ring substituents is 2. The Balaban J connectivity index is 1.32. The first-order valence-electron chi connectivity index (χ1n) is 33.5. The fourth-order valence-electron chi connectivity index (χ4n) is 12.3. The molecule has 0 spiro atoms. The Bertz CT molecular complexity index is 3540. The Hall–Kier alpha value is -8.52. The fourth-order valence-corrected chi connectivity index (χ4v) is 12.3. The van der Waals surface area contributed by atoms with Crippen LogP contribution in [0.25, 0.3) is 90.9 Å². The van der Waals surface area contributed by atoms with Crippen LogP contribution in [-0.4, -0.2) is 54.2 Å². The Morgan fingerprint density at radius 3 is 0.922 bits per heavy atom. The van der Waals surface area contributed by atoms with E-state index in [1.165, 1.54) is 0 Å². The average molecular weight is 1220 g/mol. The van der Waals surface area contributed by atoms with Gasteiger partial charge in [0.1, 0.15) is 11.5 Å². The Morgan fingerprint density at radius 2 is 0.644 bits per heavy atom. The maximum atomic E-state index is 13.2. The molecule has 7 aromatic rings. The highest BCUT2D eigenvalue weighted by atomic mass is 16.6. The second-order valence-corrected chi connectivity index (χ2v) is 24.0. The van der Waals surface area contributed by atoms with Gasteiger partial charge in [-0.15, -0.1) is 0 Å². The molecule has 9 rings (SSSR count). The lowest BCUT2D eigenvalue weighted by molar-refractivity contribution is -0.386. The van der Waals surface area contributed by atoms with Gasteiger partial charge in [0, 0.05) is 56.5 Å². The van der Waals surface area contributed by atoms with Crippen LogP contribution in [0.3, 0.4) is 0 Å². The lowest BCUT2D eigenvalue weighted by Gasteiger charge is -2.18. The van der Waals surface area contributed by atoms with E-state index < -0.39 is 0 Å². The second kappa shape index (κ2) is 32.3. The van der Waals surface area contributed by atoms with Gasteiger partial charge >= 0.3 is 11.4 Å². The predicted octanol–water partition coefficient (Wildman–Crippen LogP) is 22.1. The van der Waals surface area contributed by atoms with E-state index in [1.807, 2.05) is 85.0 Å². The van der Waals surface area contributed by atoms with Crippen molar-refractivity contribution in [2.75, 3.05) is 0 Å². The van der Waals surface area contributed by atoms with E-state index in [0.717, 1.165) is 173 Å². The molecule has 0 amide bonds. The maximum Gasteiger partial charge on any atom is 0.311 e. The molecule has 14 heteroatoms. The van der Waals surface area contributed by atoms with Gasteiger partial charge in [0.25, 0.3) is 0 Å². The summed E-state index contributed by atoms with van der Waals surface area (Å²) in [6.07, 6.45) is 27.5. The summed E-state index contributed by atoms with van der Waals surface area (Å²) < 4.78 is 26.1. The van der Waals surface area contributed by atoms with Crippen molar-refractivity contribution >= 4 is 57.7 Å². The molecule has 0 saturated heterocycles. The quantitative estimate of drug-likeness (QED) is 0.0224. The molecule has 2 aliphatic heterocycles. The number of nitro groups is 2. The smallest absolute Gasteiger partial charge is 0.311 e. The number of aromatic nitrogens is 4. The molecule has 90 heavy (non-hydrogen) atoms. The molecule has 5 heterocycles. The highest BCUT2D eigenvalue weighted by molar-refractivity contribution is 6.00. The molecule has 2 N–H and O–H groups in total. The monoisotopic (exact) mass is 1220 g/mol. The molecule has 4 atom stereocenters. The zero-order chi connectivity index (χ0) is 63.5. The van der Waals surface area contributed by atoms with Crippen molar-refractivity contribution in [3.63, 3.8) is 0 Å². The third kappa shape index (κ3) is 16.3. The first kappa shape index (κ1) is 65.9. The van der Waals surface area contributed by atoms with Gasteiger partial charge in [-0.25, -0.2) is 9.97 Å². The first-order chi connectivity index (χ1) is 43.9. The molecule has 0 saturated carbocycles. The molecule has 0 aliphatic carbocycles. The van der Waals surface area contributed by atoms with E-state index in [-0.39, 0.29) is 57.1 Å². The predicted molar refractivity (Wildman–Crippen MR) is 369 cm³/mol. The molecular weight excluding hydrogens is 1120 g/mol. The summed E-state index contributed by atoms with van der Waals surface area (Å²) in [6, 6.07) is 34.8. The summed E-state index contributed by atoms with van der Waals surface area (Å²) in [6.45, 7) is 17.2. The molecule has 0 fully saturated rings. The van der Waals surface area contributed by atoms with Crippen LogP contribution in [0.5, 0.6) is 23.0 Å². The topological polar surface area (TPSA) is 181 Å². The van der Waals surface area contributed by atoms with Crippen molar-refractivity contribution in [3.05, 3.63) is 152 Å². The number of ether oxygens (including phenoxy) is 4. The summed E-state index contributed by atoms with van der Waals surface area (Å²) in [5.41, 5.74) is 10.7. The summed E-state index contributed by atoms with van der Waals surface area (Å²) in [5, 5.41) is 26.4. The van der Waals surface area contributed by atoms with E-state index in [4.69, 9.17) is 28.9 Å². The van der Waals surface area contributed by atoms with Crippen LogP contribution in [0.2, 0.25) is 0 Å². The first-order valence-corrected chi connectivity index (χ1v) is 33.5. The minimum Gasteiger partial charge on any atom is -0.490 e. The van der Waals surface area contributed by atoms with E-state index in [2.05, 4.69) is 89.6 Å². The Labute approximate surface area is 531 Å². The molecule has 0 radical (unpaired) electrons. The lowest BCUT2D eigenvalue weighted by Crippen LogP contribution is -2.16. The number of hydrogen-bond donors (Lipinski definition) is 2. The molecular formula is C76H92N6O8. The van der Waals surface area contributed by atoms with Crippen LogP contribution >= 0.6 is 0 Å². The number of fused-ring (bicyclic) bond motifs is 8. The summed E-state index contributed by atoms with van der Waals surface area (Å²) in [5.74, 6) is 2.00. The largest absolute Gasteiger partial charge is 0.490 e. The number of nitrogens with zero attached hydrogens (tertiary/aromatic N) is 4. The summed E-state index contributed by atoms with van der Waals surface area (Å²) in [7, 11) is 0. The Kier molecular flexibility index (Phi) is 23.6. The highest BCUT2D eigenvalue weighted by Gasteiger charge is 2.26. The molecule has 8 bridgehead atoms. The minimum absolute atomic E-state index is 0.0859. The van der Waals surface area contributed by atoms with Gasteiger partial charge in [-0.05, 0) is 184 Å². The van der Waals surface area contributed by atoms with E-state index >= 15 is 0 Å². The standard InChI is InChI=1S/C76H92N6O8/c1-9-17-21-25-55(13-5)87-59-35-29-51(30-36-59)73-61-39-43-65(77-61)75(53-33-47-71(69(49-53)81(83)84)89-57(15-7)27-23-19-11-3)67-45-41-63(79-67)74(52-31-37-60(38-32-52)88-56(14-6)26-22-18-10-2)64-42-46-68(80-64)76(66-44-40-62(73)78-66)54-34-48-72(70(50-54)82(85)86)90-58(16-8)28-24-20-12-4/h29-50,55-58,77,80H,9-28H2,1-8H3. The molecule has 4 unspecified atom stereocenters. The molecule has 2 aliphatic rings. The van der Waals surface area contributed by atoms with Crippen molar-refractivity contribution < 1.29 is 28.8 Å². The number of rotatable bonds is 34. The number of aromatic amines is 2. The van der Waals surface area contributed by atoms with E-state index in [1.54, 1.807) is 24.3 Å². The van der Waals surface area contributed by atoms with Crippen molar-refractivity contribution in [3.8, 4) is 67.5 Å². The van der Waals surface area contributed by atoms with Crippen LogP contribution in [-0.2, 0) is 0 Å². The van der Waals surface area contributed by atoms with Gasteiger partial charge in [0.2, 0.25) is 0 Å². The van der Waals surface area contributed by atoms with E-state index in [0.29, 0.717) is 56.1 Å². The van der Waals surface area contributed by atoms with Crippen molar-refractivity contribution in [1.29, 1.82) is 0 Å². The average Bonchev–Trinajstić information content (AvgIpc) is 1.63. The van der Waals surface area contributed by atoms with Crippen molar-refractivity contribution in [2.45, 2.75) is 208 Å². The number of benzene rings is 4. The third-order valence-corrected chi connectivity index (χ3v) is 17.5. The Morgan fingerprint density at radius 1 is 0.367 bits per heavy atom. The fraction of sp³-hybridized carbons (Fsp3) is 0.421. The normalized spacial score (nSPS) is 13.2. The lowest BCUT2D eigenvalue weighted by atomic mass is 10.0. The van der Waals surface area contributed by atoms with Crippen LogP contribution in [0, 0.1) is 20.2 Å². The van der Waals surface area contributed by atoms with Crippen molar-refractivity contribution in [2.24, 2.45) is 0 Å². The number of unbranched alkanes of at least 4 members (excludes halogenated alkanes) is 8. The van der Waals surface area contributed by atoms with Crippen LogP contribution in [0.4, 0.5) is 11.4 Å². The van der Waals surface area contributed by atoms with Gasteiger partial charge in [-0.1, -0.05) is 143 Å². The SMILES string of the molecule is CCCCCC(CC)Oc1ccc(-c2c3nc(c(-c4ccc(OC(CC)CCCCC)c([N+](=O)[O-])c4)c4ccc([nH]4)c(-c4ccc(OC(CC)CCCCC)cc4)c4nc(c(-c5ccc(OC(CC)CCCCC)c([N+](=O)[O-])c5)c5ccc2[nH]5)C=C4)C=C3)cc1. The number of hydrogen-bond acceptors (Lipinski definition) is 10. The molecule has 14 nitrogen and oxygen atoms in total. The molecule has 474 valence electrons. The minimum atomic E-state index is -0.359. The third-order valence-electron chi connectivity index (χ3n) is 17.5. The van der Waals surface area contributed by atoms with Gasteiger partial charge in [0.05, 0.1) is 57.0 Å². The van der Waals surface area contributed by atoms with Crippen molar-refractivity contribution in [1.82, 2.24) is 19.9 Å². The van der Waals surface area contributed by atoms with Crippen LogP contribution < -0.4 is 18.9 Å². The summed E-state index contributed by atoms with van der Waals surface area (Å²) >= 11 is 0. The molecule has 4 aromatic carbocycles. The van der Waals surface area contributed by atoms with Gasteiger partial charge in [0.15, 0.2) is 11.5 Å². The summed E-state index contributed by atoms with van der Waals surface area (Å²) in [4.78, 5) is 44.3.